The molecule has 1 unspecified atom stereocenters. The molecule has 1 heterocycles. The van der Waals surface area contributed by atoms with Crippen molar-refractivity contribution in [1.29, 1.82) is 0 Å². The molecule has 0 bridgehead atoms. The monoisotopic (exact) mass is 210 g/mol. The summed E-state index contributed by atoms with van der Waals surface area (Å²) in [7, 11) is 0. The number of aryl methyl sites for hydroxylation is 1. The van der Waals surface area contributed by atoms with Crippen molar-refractivity contribution in [3.05, 3.63) is 28.2 Å². The summed E-state index contributed by atoms with van der Waals surface area (Å²) in [4.78, 5) is 5.61. The molecule has 0 radical (unpaired) electrons. The number of thiazole rings is 1. The minimum atomic E-state index is 0.331. The molecule has 1 N–H and O–H groups in total. The van der Waals surface area contributed by atoms with Gasteiger partial charge in [0.2, 0.25) is 0 Å². The van der Waals surface area contributed by atoms with Gasteiger partial charge in [0, 0.05) is 17.6 Å². The first-order valence-corrected chi connectivity index (χ1v) is 5.77. The zero-order valence-electron chi connectivity index (χ0n) is 9.13. The first-order valence-electron chi connectivity index (χ1n) is 4.95. The fraction of sp³-hybridized carbons (Fsp3) is 0.545. The molecule has 3 heteroatoms. The Labute approximate surface area is 90.1 Å². The summed E-state index contributed by atoms with van der Waals surface area (Å²) >= 11 is 1.75. The van der Waals surface area contributed by atoms with Gasteiger partial charge >= 0.3 is 0 Å². The molecular formula is C11H18N2S. The van der Waals surface area contributed by atoms with Gasteiger partial charge in [-0.1, -0.05) is 19.1 Å². The van der Waals surface area contributed by atoms with Crippen LogP contribution in [0.4, 0.5) is 0 Å². The molecule has 0 aliphatic rings. The van der Waals surface area contributed by atoms with E-state index in [2.05, 4.69) is 37.7 Å². The summed E-state index contributed by atoms with van der Waals surface area (Å²) < 4.78 is 0. The van der Waals surface area contributed by atoms with Crippen molar-refractivity contribution < 1.29 is 0 Å². The quantitative estimate of drug-likeness (QED) is 0.755. The Morgan fingerprint density at radius 1 is 1.71 bits per heavy atom. The lowest BCUT2D eigenvalue weighted by molar-refractivity contribution is 0.598. The Bertz CT molecular complexity index is 304. The van der Waals surface area contributed by atoms with Gasteiger partial charge in [-0.05, 0) is 20.3 Å². The van der Waals surface area contributed by atoms with Crippen molar-refractivity contribution >= 4 is 11.3 Å². The van der Waals surface area contributed by atoms with Crippen LogP contribution in [0.2, 0.25) is 0 Å². The lowest BCUT2D eigenvalue weighted by Gasteiger charge is -2.11. The topological polar surface area (TPSA) is 24.9 Å². The highest BCUT2D eigenvalue weighted by atomic mass is 32.1. The molecule has 1 aromatic rings. The summed E-state index contributed by atoms with van der Waals surface area (Å²) in [5.74, 6) is 0. The third kappa shape index (κ3) is 3.24. The molecule has 0 saturated carbocycles. The highest BCUT2D eigenvalue weighted by Crippen LogP contribution is 2.18. The van der Waals surface area contributed by atoms with Crippen LogP contribution < -0.4 is 5.32 Å². The molecule has 0 amide bonds. The molecule has 0 aromatic carbocycles. The van der Waals surface area contributed by atoms with Gasteiger partial charge in [0.25, 0.3) is 0 Å². The van der Waals surface area contributed by atoms with Crippen LogP contribution in [0.5, 0.6) is 0 Å². The van der Waals surface area contributed by atoms with Crippen LogP contribution >= 0.6 is 11.3 Å². The lowest BCUT2D eigenvalue weighted by atomic mass is 10.2. The van der Waals surface area contributed by atoms with Gasteiger partial charge in [0.15, 0.2) is 0 Å². The highest BCUT2D eigenvalue weighted by molar-refractivity contribution is 7.11. The normalized spacial score (nSPS) is 12.8. The summed E-state index contributed by atoms with van der Waals surface area (Å²) in [6, 6.07) is 0.331. The van der Waals surface area contributed by atoms with Gasteiger partial charge in [-0.2, -0.15) is 0 Å². The lowest BCUT2D eigenvalue weighted by Crippen LogP contribution is -2.20. The number of hydrogen-bond donors (Lipinski definition) is 1. The molecular weight excluding hydrogens is 192 g/mol. The van der Waals surface area contributed by atoms with Crippen LogP contribution in [0, 0.1) is 6.92 Å². The number of rotatable bonds is 5. The van der Waals surface area contributed by atoms with Gasteiger partial charge in [0.05, 0.1) is 6.04 Å². The van der Waals surface area contributed by atoms with E-state index in [1.165, 1.54) is 10.5 Å². The minimum Gasteiger partial charge on any atom is -0.304 e. The summed E-state index contributed by atoms with van der Waals surface area (Å²) in [5, 5.41) is 4.57. The molecule has 1 aromatic heterocycles. The maximum atomic E-state index is 4.35. The average Bonchev–Trinajstić information content (AvgIpc) is 2.60. The van der Waals surface area contributed by atoms with E-state index in [4.69, 9.17) is 0 Å². The molecule has 2 nitrogen and oxygen atoms in total. The molecule has 0 aliphatic carbocycles. The number of nitrogens with one attached hydrogen (secondary N) is 1. The van der Waals surface area contributed by atoms with Crippen LogP contribution in [-0.2, 0) is 0 Å². The van der Waals surface area contributed by atoms with Crippen molar-refractivity contribution in [3.63, 3.8) is 0 Å². The summed E-state index contributed by atoms with van der Waals surface area (Å²) in [6.07, 6.45) is 2.96. The van der Waals surface area contributed by atoms with Crippen LogP contribution in [0.1, 0.15) is 36.2 Å². The average molecular weight is 210 g/mol. The first-order chi connectivity index (χ1) is 6.63. The van der Waals surface area contributed by atoms with E-state index >= 15 is 0 Å². The minimum absolute atomic E-state index is 0.331. The van der Waals surface area contributed by atoms with E-state index < -0.39 is 0 Å². The number of aromatic nitrogens is 1. The van der Waals surface area contributed by atoms with Gasteiger partial charge in [-0.25, -0.2) is 4.98 Å². The maximum Gasteiger partial charge on any atom is 0.109 e. The highest BCUT2D eigenvalue weighted by Gasteiger charge is 2.08. The van der Waals surface area contributed by atoms with Crippen molar-refractivity contribution in [2.45, 2.75) is 33.2 Å². The second-order valence-corrected chi connectivity index (χ2v) is 4.78. The van der Waals surface area contributed by atoms with E-state index in [0.29, 0.717) is 6.04 Å². The molecule has 14 heavy (non-hydrogen) atoms. The zero-order valence-corrected chi connectivity index (χ0v) is 9.95. The zero-order chi connectivity index (χ0) is 10.6. The molecule has 1 atom stereocenters. The van der Waals surface area contributed by atoms with Crippen LogP contribution in [0.3, 0.4) is 0 Å². The Kier molecular flexibility index (Phi) is 4.29. The Morgan fingerprint density at radius 2 is 2.43 bits per heavy atom. The second kappa shape index (κ2) is 5.27. The fourth-order valence-corrected chi connectivity index (χ4v) is 1.88. The van der Waals surface area contributed by atoms with Crippen molar-refractivity contribution in [3.8, 4) is 0 Å². The predicted octanol–water partition coefficient (Wildman–Crippen LogP) is 3.07. The Hall–Kier alpha value is -0.670. The van der Waals surface area contributed by atoms with E-state index in [0.717, 1.165) is 18.0 Å². The van der Waals surface area contributed by atoms with Crippen molar-refractivity contribution in [2.75, 3.05) is 6.54 Å². The number of hydrogen-bond acceptors (Lipinski definition) is 3. The molecule has 0 aliphatic heterocycles. The smallest absolute Gasteiger partial charge is 0.109 e. The third-order valence-corrected chi connectivity index (χ3v) is 3.26. The van der Waals surface area contributed by atoms with Crippen molar-refractivity contribution in [2.24, 2.45) is 0 Å². The van der Waals surface area contributed by atoms with Crippen LogP contribution in [0.15, 0.2) is 18.3 Å². The number of nitrogens with zero attached hydrogens (tertiary/aromatic N) is 1. The summed E-state index contributed by atoms with van der Waals surface area (Å²) in [5.41, 5.74) is 1.24. The Balaban J connectivity index is 2.42. The summed E-state index contributed by atoms with van der Waals surface area (Å²) in [6.45, 7) is 11.2. The van der Waals surface area contributed by atoms with Gasteiger partial charge in [-0.3, -0.25) is 0 Å². The Morgan fingerprint density at radius 3 is 2.93 bits per heavy atom. The second-order valence-electron chi connectivity index (χ2n) is 3.52. The maximum absolute atomic E-state index is 4.35. The van der Waals surface area contributed by atoms with Crippen LogP contribution in [-0.4, -0.2) is 11.5 Å². The third-order valence-electron chi connectivity index (χ3n) is 2.17. The van der Waals surface area contributed by atoms with Gasteiger partial charge in [-0.15, -0.1) is 11.3 Å². The first kappa shape index (κ1) is 11.4. The molecule has 0 spiro atoms. The van der Waals surface area contributed by atoms with Gasteiger partial charge < -0.3 is 5.32 Å². The molecule has 78 valence electrons. The predicted molar refractivity (Wildman–Crippen MR) is 62.7 cm³/mol. The van der Waals surface area contributed by atoms with Crippen LogP contribution in [0.25, 0.3) is 0 Å². The SMILES string of the molecule is C=C(CC)CNC(C)c1ncc(C)s1. The van der Waals surface area contributed by atoms with E-state index in [1.807, 2.05) is 6.20 Å². The van der Waals surface area contributed by atoms with E-state index in [1.54, 1.807) is 11.3 Å². The molecule has 1 rings (SSSR count). The standard InChI is InChI=1S/C11H18N2S/c1-5-8(2)6-12-10(4)11-13-7-9(3)14-11/h7,10,12H,2,5-6H2,1,3-4H3. The fourth-order valence-electron chi connectivity index (χ4n) is 1.08. The van der Waals surface area contributed by atoms with Crippen molar-refractivity contribution in [1.82, 2.24) is 10.3 Å². The van der Waals surface area contributed by atoms with E-state index in [9.17, 15) is 0 Å². The van der Waals surface area contributed by atoms with Gasteiger partial charge in [0.1, 0.15) is 5.01 Å². The molecule has 0 saturated heterocycles. The molecule has 0 fully saturated rings. The largest absolute Gasteiger partial charge is 0.304 e. The van der Waals surface area contributed by atoms with E-state index in [-0.39, 0.29) is 0 Å².